The average molecular weight is 262 g/mol. The van der Waals surface area contributed by atoms with Gasteiger partial charge in [-0.05, 0) is 12.1 Å². The van der Waals surface area contributed by atoms with Crippen molar-refractivity contribution in [2.45, 2.75) is 4.90 Å². The molecule has 0 radical (unpaired) electrons. The first-order chi connectivity index (χ1) is 7.92. The molecule has 0 fully saturated rings. The maximum absolute atomic E-state index is 11.5. The molecule has 8 nitrogen and oxygen atoms in total. The van der Waals surface area contributed by atoms with Crippen molar-refractivity contribution in [3.05, 3.63) is 28.3 Å². The highest BCUT2D eigenvalue weighted by Crippen LogP contribution is 2.29. The molecule has 17 heavy (non-hydrogen) atoms. The van der Waals surface area contributed by atoms with Crippen LogP contribution < -0.4 is 9.62 Å². The van der Waals surface area contributed by atoms with Crippen LogP contribution in [0.2, 0.25) is 0 Å². The van der Waals surface area contributed by atoms with Gasteiger partial charge in [0.15, 0.2) is 5.75 Å². The summed E-state index contributed by atoms with van der Waals surface area (Å²) in [5.41, 5.74) is -0.438. The van der Waals surface area contributed by atoms with Crippen molar-refractivity contribution in [1.82, 2.24) is 4.89 Å². The first kappa shape index (κ1) is 13.4. The first-order valence-electron chi connectivity index (χ1n) is 4.29. The second-order valence-electron chi connectivity index (χ2n) is 2.88. The molecule has 1 rings (SSSR count). The lowest BCUT2D eigenvalue weighted by atomic mass is 10.3. The van der Waals surface area contributed by atoms with Gasteiger partial charge in [-0.1, -0.05) is 4.89 Å². The zero-order valence-electron chi connectivity index (χ0n) is 9.04. The van der Waals surface area contributed by atoms with Crippen molar-refractivity contribution in [1.29, 1.82) is 0 Å². The van der Waals surface area contributed by atoms with Crippen LogP contribution in [0.4, 0.5) is 5.69 Å². The number of benzene rings is 1. The Bertz CT molecular complexity index is 527. The smallest absolute Gasteiger partial charge is 0.312 e. The molecule has 0 saturated carbocycles. The van der Waals surface area contributed by atoms with Crippen LogP contribution in [0.25, 0.3) is 0 Å². The largest absolute Gasteiger partial charge is 0.490 e. The van der Waals surface area contributed by atoms with Crippen LogP contribution in [0.1, 0.15) is 0 Å². The molecule has 94 valence electrons. The van der Waals surface area contributed by atoms with Gasteiger partial charge in [0.25, 0.3) is 10.0 Å². The lowest BCUT2D eigenvalue weighted by molar-refractivity contribution is -0.386. The summed E-state index contributed by atoms with van der Waals surface area (Å²) in [5, 5.41) is 10.7. The van der Waals surface area contributed by atoms with E-state index < -0.39 is 20.6 Å². The van der Waals surface area contributed by atoms with Gasteiger partial charge in [0.2, 0.25) is 0 Å². The lowest BCUT2D eigenvalue weighted by Gasteiger charge is -2.06. The fourth-order valence-electron chi connectivity index (χ4n) is 1.14. The second-order valence-corrected chi connectivity index (χ2v) is 4.53. The van der Waals surface area contributed by atoms with E-state index in [2.05, 4.69) is 4.84 Å². The van der Waals surface area contributed by atoms with Gasteiger partial charge in [0, 0.05) is 6.07 Å². The van der Waals surface area contributed by atoms with Gasteiger partial charge in [-0.25, -0.2) is 8.42 Å². The molecule has 0 amide bonds. The van der Waals surface area contributed by atoms with Crippen LogP contribution in [-0.4, -0.2) is 27.6 Å². The zero-order valence-corrected chi connectivity index (χ0v) is 9.85. The van der Waals surface area contributed by atoms with Gasteiger partial charge >= 0.3 is 5.69 Å². The summed E-state index contributed by atoms with van der Waals surface area (Å²) in [6.45, 7) is 0. The van der Waals surface area contributed by atoms with E-state index in [4.69, 9.17) is 4.74 Å². The topological polar surface area (TPSA) is 108 Å². The van der Waals surface area contributed by atoms with Crippen molar-refractivity contribution in [2.24, 2.45) is 0 Å². The monoisotopic (exact) mass is 262 g/mol. The number of nitrogens with one attached hydrogen (secondary N) is 1. The standard InChI is InChI=1S/C8H10N2O6S/c1-15-8-4-3-6(5-7(8)10(11)12)17(13,14)9-16-2/h3-5,9H,1-2H3. The third-order valence-corrected chi connectivity index (χ3v) is 3.11. The van der Waals surface area contributed by atoms with Crippen molar-refractivity contribution in [2.75, 3.05) is 14.2 Å². The number of rotatable bonds is 5. The molecular weight excluding hydrogens is 252 g/mol. The van der Waals surface area contributed by atoms with Crippen LogP contribution in [0.5, 0.6) is 5.75 Å². The van der Waals surface area contributed by atoms with Crippen LogP contribution >= 0.6 is 0 Å². The van der Waals surface area contributed by atoms with E-state index in [0.717, 1.165) is 13.2 Å². The maximum Gasteiger partial charge on any atom is 0.312 e. The molecule has 0 spiro atoms. The van der Waals surface area contributed by atoms with Crippen LogP contribution in [0.15, 0.2) is 23.1 Å². The average Bonchev–Trinajstić information content (AvgIpc) is 2.28. The van der Waals surface area contributed by atoms with E-state index in [0.29, 0.717) is 0 Å². The minimum atomic E-state index is -3.92. The van der Waals surface area contributed by atoms with E-state index in [1.54, 1.807) is 4.89 Å². The molecule has 0 aliphatic rings. The van der Waals surface area contributed by atoms with Crippen molar-refractivity contribution < 1.29 is 22.9 Å². The number of methoxy groups -OCH3 is 1. The third-order valence-electron chi connectivity index (χ3n) is 1.85. The molecule has 9 heteroatoms. The number of sulfonamides is 1. The van der Waals surface area contributed by atoms with Crippen LogP contribution in [0, 0.1) is 10.1 Å². The van der Waals surface area contributed by atoms with E-state index in [1.165, 1.54) is 19.2 Å². The summed E-state index contributed by atoms with van der Waals surface area (Å²) in [6, 6.07) is 3.26. The Morgan fingerprint density at radius 2 is 2.00 bits per heavy atom. The predicted molar refractivity (Wildman–Crippen MR) is 57.0 cm³/mol. The Morgan fingerprint density at radius 1 is 1.35 bits per heavy atom. The van der Waals surface area contributed by atoms with Crippen molar-refractivity contribution in [3.63, 3.8) is 0 Å². The Morgan fingerprint density at radius 3 is 2.47 bits per heavy atom. The Hall–Kier alpha value is -1.71. The Balaban J connectivity index is 3.31. The summed E-state index contributed by atoms with van der Waals surface area (Å²) >= 11 is 0. The minimum absolute atomic E-state index is 0.0219. The summed E-state index contributed by atoms with van der Waals surface area (Å²) in [7, 11) is -1.55. The van der Waals surface area contributed by atoms with Gasteiger partial charge in [0.05, 0.1) is 24.0 Å². The number of nitro benzene ring substituents is 1. The summed E-state index contributed by atoms with van der Waals surface area (Å²) < 4.78 is 27.8. The molecular formula is C8H10N2O6S. The van der Waals surface area contributed by atoms with Gasteiger partial charge in [-0.2, -0.15) is 0 Å². The number of nitrogens with zero attached hydrogens (tertiary/aromatic N) is 1. The molecule has 1 N–H and O–H groups in total. The van der Waals surface area contributed by atoms with E-state index in [-0.39, 0.29) is 10.6 Å². The zero-order chi connectivity index (χ0) is 13.1. The lowest BCUT2D eigenvalue weighted by Crippen LogP contribution is -2.22. The quantitative estimate of drug-likeness (QED) is 0.609. The fourth-order valence-corrected chi connectivity index (χ4v) is 1.97. The number of hydrogen-bond donors (Lipinski definition) is 1. The molecule has 1 aromatic rings. The molecule has 0 aliphatic heterocycles. The predicted octanol–water partition coefficient (Wildman–Crippen LogP) is 0.443. The fraction of sp³-hybridized carbons (Fsp3) is 0.250. The molecule has 0 atom stereocenters. The highest BCUT2D eigenvalue weighted by atomic mass is 32.2. The van der Waals surface area contributed by atoms with Gasteiger partial charge in [0.1, 0.15) is 0 Å². The number of ether oxygens (including phenoxy) is 1. The summed E-state index contributed by atoms with van der Waals surface area (Å²) in [5.74, 6) is -0.0219. The second kappa shape index (κ2) is 5.08. The summed E-state index contributed by atoms with van der Waals surface area (Å²) in [4.78, 5) is 15.7. The number of nitro groups is 1. The molecule has 0 bridgehead atoms. The van der Waals surface area contributed by atoms with Crippen LogP contribution in [0.3, 0.4) is 0 Å². The highest BCUT2D eigenvalue weighted by molar-refractivity contribution is 7.89. The van der Waals surface area contributed by atoms with Crippen molar-refractivity contribution in [3.8, 4) is 5.75 Å². The Labute approximate surface area is 97.3 Å². The molecule has 1 aromatic carbocycles. The van der Waals surface area contributed by atoms with Gasteiger partial charge in [-0.3, -0.25) is 15.0 Å². The third kappa shape index (κ3) is 2.90. The number of hydrogen-bond acceptors (Lipinski definition) is 6. The SMILES string of the molecule is CONS(=O)(=O)c1ccc(OC)c([N+](=O)[O-])c1. The molecule has 0 heterocycles. The minimum Gasteiger partial charge on any atom is -0.490 e. The highest BCUT2D eigenvalue weighted by Gasteiger charge is 2.21. The summed E-state index contributed by atoms with van der Waals surface area (Å²) in [6.07, 6.45) is 0. The molecule has 0 aromatic heterocycles. The van der Waals surface area contributed by atoms with E-state index >= 15 is 0 Å². The first-order valence-corrected chi connectivity index (χ1v) is 5.78. The van der Waals surface area contributed by atoms with Gasteiger partial charge < -0.3 is 4.74 Å². The van der Waals surface area contributed by atoms with Crippen LogP contribution in [-0.2, 0) is 14.9 Å². The van der Waals surface area contributed by atoms with E-state index in [9.17, 15) is 18.5 Å². The van der Waals surface area contributed by atoms with E-state index in [1.807, 2.05) is 0 Å². The van der Waals surface area contributed by atoms with Crippen molar-refractivity contribution >= 4 is 15.7 Å². The maximum atomic E-state index is 11.5. The molecule has 0 saturated heterocycles. The molecule has 0 unspecified atom stereocenters. The Kier molecular flexibility index (Phi) is 3.99. The normalized spacial score (nSPS) is 11.2. The van der Waals surface area contributed by atoms with Gasteiger partial charge in [-0.15, -0.1) is 0 Å². The molecule has 0 aliphatic carbocycles.